The number of amides is 1. The van der Waals surface area contributed by atoms with E-state index in [4.69, 9.17) is 0 Å². The predicted molar refractivity (Wildman–Crippen MR) is 110 cm³/mol. The smallest absolute Gasteiger partial charge is 0.272 e. The Labute approximate surface area is 161 Å². The van der Waals surface area contributed by atoms with Crippen molar-refractivity contribution in [1.29, 1.82) is 0 Å². The van der Waals surface area contributed by atoms with Gasteiger partial charge in [0.1, 0.15) is 17.8 Å². The Morgan fingerprint density at radius 1 is 1.22 bits per heavy atom. The molecule has 27 heavy (non-hydrogen) atoms. The number of rotatable bonds is 6. The second kappa shape index (κ2) is 8.84. The Bertz CT molecular complexity index is 757. The number of hydrogen-bond acceptors (Lipinski definition) is 5. The molecule has 1 unspecified atom stereocenters. The molecule has 6 heteroatoms. The average molecular weight is 367 g/mol. The highest BCUT2D eigenvalue weighted by molar-refractivity contribution is 5.93. The van der Waals surface area contributed by atoms with E-state index in [0.29, 0.717) is 17.4 Å². The SMILES string of the molecule is CCN(CC)c1ccc(Nc2cc(C(=O)N3CCCC(C)C3)ncn2)cc1. The van der Waals surface area contributed by atoms with Gasteiger partial charge in [0.15, 0.2) is 0 Å². The monoisotopic (exact) mass is 367 g/mol. The van der Waals surface area contributed by atoms with Gasteiger partial charge in [-0.05, 0) is 56.9 Å². The van der Waals surface area contributed by atoms with Gasteiger partial charge in [-0.2, -0.15) is 0 Å². The first-order chi connectivity index (χ1) is 13.1. The molecule has 1 aromatic carbocycles. The third-order valence-corrected chi connectivity index (χ3v) is 5.10. The minimum Gasteiger partial charge on any atom is -0.372 e. The highest BCUT2D eigenvalue weighted by Crippen LogP contribution is 2.21. The summed E-state index contributed by atoms with van der Waals surface area (Å²) in [6.07, 6.45) is 3.69. The maximum atomic E-state index is 12.7. The van der Waals surface area contributed by atoms with Crippen LogP contribution in [0.1, 0.15) is 44.1 Å². The van der Waals surface area contributed by atoms with Crippen LogP contribution in [0.25, 0.3) is 0 Å². The first kappa shape index (κ1) is 19.1. The Morgan fingerprint density at radius 2 is 1.96 bits per heavy atom. The summed E-state index contributed by atoms with van der Waals surface area (Å²) in [5, 5.41) is 3.27. The number of carbonyl (C=O) groups is 1. The Kier molecular flexibility index (Phi) is 6.27. The number of hydrogen-bond donors (Lipinski definition) is 1. The van der Waals surface area contributed by atoms with E-state index >= 15 is 0 Å². The van der Waals surface area contributed by atoms with E-state index in [1.165, 1.54) is 18.4 Å². The topological polar surface area (TPSA) is 61.4 Å². The second-order valence-corrected chi connectivity index (χ2v) is 7.13. The summed E-state index contributed by atoms with van der Waals surface area (Å²) in [7, 11) is 0. The Morgan fingerprint density at radius 3 is 2.63 bits per heavy atom. The van der Waals surface area contributed by atoms with Crippen molar-refractivity contribution in [2.24, 2.45) is 5.92 Å². The van der Waals surface area contributed by atoms with Crippen molar-refractivity contribution in [2.75, 3.05) is 36.4 Å². The van der Waals surface area contributed by atoms with Gasteiger partial charge >= 0.3 is 0 Å². The van der Waals surface area contributed by atoms with Gasteiger partial charge in [0.05, 0.1) is 0 Å². The van der Waals surface area contributed by atoms with Crippen LogP contribution in [0, 0.1) is 5.92 Å². The number of benzene rings is 1. The number of piperidine rings is 1. The number of nitrogens with one attached hydrogen (secondary N) is 1. The van der Waals surface area contributed by atoms with Gasteiger partial charge in [-0.1, -0.05) is 6.92 Å². The molecule has 1 aliphatic rings. The summed E-state index contributed by atoms with van der Waals surface area (Å²) < 4.78 is 0. The van der Waals surface area contributed by atoms with Crippen LogP contribution in [0.4, 0.5) is 17.2 Å². The first-order valence-corrected chi connectivity index (χ1v) is 9.84. The third kappa shape index (κ3) is 4.76. The summed E-state index contributed by atoms with van der Waals surface area (Å²) in [6, 6.07) is 9.99. The zero-order valence-electron chi connectivity index (χ0n) is 16.5. The second-order valence-electron chi connectivity index (χ2n) is 7.13. The van der Waals surface area contributed by atoms with E-state index in [1.807, 2.05) is 17.0 Å². The lowest BCUT2D eigenvalue weighted by atomic mass is 10.00. The van der Waals surface area contributed by atoms with Crippen LogP contribution in [0.2, 0.25) is 0 Å². The zero-order chi connectivity index (χ0) is 19.2. The Balaban J connectivity index is 1.69. The number of nitrogens with zero attached hydrogens (tertiary/aromatic N) is 4. The summed E-state index contributed by atoms with van der Waals surface area (Å²) in [5.41, 5.74) is 2.58. The van der Waals surface area contributed by atoms with Crippen LogP contribution in [0.5, 0.6) is 0 Å². The maximum absolute atomic E-state index is 12.7. The highest BCUT2D eigenvalue weighted by atomic mass is 16.2. The fourth-order valence-electron chi connectivity index (χ4n) is 3.57. The molecule has 1 fully saturated rings. The van der Waals surface area contributed by atoms with Crippen LogP contribution in [-0.2, 0) is 0 Å². The van der Waals surface area contributed by atoms with E-state index in [0.717, 1.165) is 38.3 Å². The molecule has 0 radical (unpaired) electrons. The van der Waals surface area contributed by atoms with Crippen LogP contribution in [0.15, 0.2) is 36.7 Å². The van der Waals surface area contributed by atoms with Gasteiger partial charge in [0, 0.05) is 43.6 Å². The maximum Gasteiger partial charge on any atom is 0.272 e. The summed E-state index contributed by atoms with van der Waals surface area (Å²) in [6.45, 7) is 10.1. The molecule has 3 rings (SSSR count). The van der Waals surface area contributed by atoms with Gasteiger partial charge in [0.2, 0.25) is 0 Å². The van der Waals surface area contributed by atoms with Crippen molar-refractivity contribution in [3.05, 3.63) is 42.4 Å². The average Bonchev–Trinajstić information content (AvgIpc) is 2.70. The van der Waals surface area contributed by atoms with Gasteiger partial charge in [-0.3, -0.25) is 4.79 Å². The summed E-state index contributed by atoms with van der Waals surface area (Å²) in [4.78, 5) is 25.4. The molecule has 6 nitrogen and oxygen atoms in total. The van der Waals surface area contributed by atoms with Gasteiger partial charge in [-0.25, -0.2) is 9.97 Å². The molecular weight excluding hydrogens is 338 g/mol. The van der Waals surface area contributed by atoms with Crippen molar-refractivity contribution in [2.45, 2.75) is 33.6 Å². The standard InChI is InChI=1S/C21H29N5O/c1-4-25(5-2)18-10-8-17(9-11-18)24-20-13-19(22-15-23-20)21(27)26-12-6-7-16(3)14-26/h8-11,13,15-16H,4-7,12,14H2,1-3H3,(H,22,23,24). The van der Waals surface area contributed by atoms with Gasteiger partial charge < -0.3 is 15.1 Å². The molecule has 1 aromatic heterocycles. The summed E-state index contributed by atoms with van der Waals surface area (Å²) >= 11 is 0. The molecule has 0 spiro atoms. The zero-order valence-corrected chi connectivity index (χ0v) is 16.5. The van der Waals surface area contributed by atoms with Crippen molar-refractivity contribution < 1.29 is 4.79 Å². The van der Waals surface area contributed by atoms with Crippen molar-refractivity contribution in [1.82, 2.24) is 14.9 Å². The molecule has 144 valence electrons. The normalized spacial score (nSPS) is 16.9. The first-order valence-electron chi connectivity index (χ1n) is 9.84. The van der Waals surface area contributed by atoms with E-state index in [1.54, 1.807) is 6.07 Å². The van der Waals surface area contributed by atoms with Crippen molar-refractivity contribution in [3.63, 3.8) is 0 Å². The molecule has 1 atom stereocenters. The van der Waals surface area contributed by atoms with E-state index in [9.17, 15) is 4.79 Å². The van der Waals surface area contributed by atoms with Crippen LogP contribution in [-0.4, -0.2) is 47.0 Å². The van der Waals surface area contributed by atoms with Crippen molar-refractivity contribution in [3.8, 4) is 0 Å². The van der Waals surface area contributed by atoms with E-state index in [-0.39, 0.29) is 5.91 Å². The van der Waals surface area contributed by atoms with Gasteiger partial charge in [-0.15, -0.1) is 0 Å². The largest absolute Gasteiger partial charge is 0.372 e. The molecule has 1 aliphatic heterocycles. The molecule has 2 aromatic rings. The van der Waals surface area contributed by atoms with E-state index in [2.05, 4.69) is 53.1 Å². The fraction of sp³-hybridized carbons (Fsp3) is 0.476. The molecule has 1 N–H and O–H groups in total. The number of anilines is 3. The molecule has 2 heterocycles. The summed E-state index contributed by atoms with van der Waals surface area (Å²) in [5.74, 6) is 1.17. The highest BCUT2D eigenvalue weighted by Gasteiger charge is 2.23. The van der Waals surface area contributed by atoms with Crippen LogP contribution >= 0.6 is 0 Å². The van der Waals surface area contributed by atoms with Crippen LogP contribution in [0.3, 0.4) is 0 Å². The number of aromatic nitrogens is 2. The predicted octanol–water partition coefficient (Wildman–Crippen LogP) is 3.94. The van der Waals surface area contributed by atoms with E-state index < -0.39 is 0 Å². The lowest BCUT2D eigenvalue weighted by molar-refractivity contribution is 0.0677. The molecule has 0 saturated carbocycles. The molecule has 1 saturated heterocycles. The lowest BCUT2D eigenvalue weighted by Gasteiger charge is -2.30. The Hall–Kier alpha value is -2.63. The third-order valence-electron chi connectivity index (χ3n) is 5.10. The van der Waals surface area contributed by atoms with Crippen LogP contribution < -0.4 is 10.2 Å². The molecule has 0 aliphatic carbocycles. The fourth-order valence-corrected chi connectivity index (χ4v) is 3.57. The minimum atomic E-state index is -0.0103. The number of carbonyl (C=O) groups excluding carboxylic acids is 1. The number of likely N-dealkylation sites (tertiary alicyclic amines) is 1. The minimum absolute atomic E-state index is 0.0103. The van der Waals surface area contributed by atoms with Crippen molar-refractivity contribution >= 4 is 23.1 Å². The molecule has 1 amide bonds. The quantitative estimate of drug-likeness (QED) is 0.838. The van der Waals surface area contributed by atoms with Gasteiger partial charge in [0.25, 0.3) is 5.91 Å². The molecule has 0 bridgehead atoms. The molecular formula is C21H29N5O. The lowest BCUT2D eigenvalue weighted by Crippen LogP contribution is -2.39.